The molecule has 3 aromatic rings. The van der Waals surface area contributed by atoms with E-state index in [1.807, 2.05) is 13.0 Å². The van der Waals surface area contributed by atoms with E-state index < -0.39 is 15.9 Å². The maximum atomic E-state index is 12.8. The molecule has 0 bridgehead atoms. The molecule has 26 heavy (non-hydrogen) atoms. The average Bonchev–Trinajstić information content (AvgIpc) is 3.23. The van der Waals surface area contributed by atoms with Gasteiger partial charge in [-0.1, -0.05) is 23.5 Å². The van der Waals surface area contributed by atoms with E-state index in [0.29, 0.717) is 10.8 Å². The zero-order valence-corrected chi connectivity index (χ0v) is 16.7. The first-order valence-electron chi connectivity index (χ1n) is 7.53. The average molecular weight is 409 g/mol. The zero-order chi connectivity index (χ0) is 18.9. The van der Waals surface area contributed by atoms with Crippen molar-refractivity contribution in [2.45, 2.75) is 18.7 Å². The molecule has 1 aromatic carbocycles. The molecule has 0 radical (unpaired) electrons. The SMILES string of the molecule is Cc1cccc(N(C)S(=O)(=O)c2csc(C(=O)Nc3nnc(C)s3)c2)c1. The van der Waals surface area contributed by atoms with Crippen molar-refractivity contribution in [1.82, 2.24) is 10.2 Å². The van der Waals surface area contributed by atoms with E-state index >= 15 is 0 Å². The summed E-state index contributed by atoms with van der Waals surface area (Å²) in [5.41, 5.74) is 1.52. The Hall–Kier alpha value is -2.30. The Morgan fingerprint density at radius 1 is 1.19 bits per heavy atom. The fraction of sp³-hybridized carbons (Fsp3) is 0.188. The van der Waals surface area contributed by atoms with E-state index in [2.05, 4.69) is 15.5 Å². The number of carbonyl (C=O) groups excluding carboxylic acids is 1. The number of sulfonamides is 1. The monoisotopic (exact) mass is 408 g/mol. The minimum Gasteiger partial charge on any atom is -0.296 e. The summed E-state index contributed by atoms with van der Waals surface area (Å²) in [7, 11) is -2.26. The smallest absolute Gasteiger partial charge is 0.267 e. The Kier molecular flexibility index (Phi) is 5.08. The Morgan fingerprint density at radius 3 is 2.62 bits per heavy atom. The van der Waals surface area contributed by atoms with Gasteiger partial charge in [0, 0.05) is 12.4 Å². The van der Waals surface area contributed by atoms with Gasteiger partial charge in [-0.2, -0.15) is 0 Å². The summed E-state index contributed by atoms with van der Waals surface area (Å²) in [6.45, 7) is 3.68. The van der Waals surface area contributed by atoms with Crippen LogP contribution in [0.15, 0.2) is 40.6 Å². The second-order valence-electron chi connectivity index (χ2n) is 5.54. The summed E-state index contributed by atoms with van der Waals surface area (Å²) in [5, 5.41) is 12.8. The summed E-state index contributed by atoms with van der Waals surface area (Å²) in [6.07, 6.45) is 0. The number of aryl methyl sites for hydroxylation is 2. The number of amides is 1. The molecule has 0 aliphatic rings. The van der Waals surface area contributed by atoms with Crippen molar-refractivity contribution >= 4 is 49.4 Å². The Labute approximate surface area is 159 Å². The molecule has 0 saturated heterocycles. The van der Waals surface area contributed by atoms with Crippen LogP contribution in [-0.4, -0.2) is 31.6 Å². The minimum atomic E-state index is -3.75. The lowest BCUT2D eigenvalue weighted by Crippen LogP contribution is -2.26. The fourth-order valence-corrected chi connectivity index (χ4v) is 5.13. The Bertz CT molecular complexity index is 1060. The molecule has 1 N–H and O–H groups in total. The summed E-state index contributed by atoms with van der Waals surface area (Å²) in [5.74, 6) is -0.411. The lowest BCUT2D eigenvalue weighted by Gasteiger charge is -2.19. The number of benzene rings is 1. The number of nitrogens with zero attached hydrogens (tertiary/aromatic N) is 3. The third-order valence-electron chi connectivity index (χ3n) is 3.57. The van der Waals surface area contributed by atoms with Crippen molar-refractivity contribution in [3.05, 3.63) is 51.2 Å². The minimum absolute atomic E-state index is 0.0742. The predicted octanol–water partition coefficient (Wildman–Crippen LogP) is 3.29. The van der Waals surface area contributed by atoms with E-state index in [4.69, 9.17) is 0 Å². The van der Waals surface area contributed by atoms with Crippen molar-refractivity contribution in [2.75, 3.05) is 16.7 Å². The molecular formula is C16H16N4O3S3. The normalized spacial score (nSPS) is 11.3. The third-order valence-corrected chi connectivity index (χ3v) is 7.16. The first-order valence-corrected chi connectivity index (χ1v) is 10.7. The van der Waals surface area contributed by atoms with Crippen LogP contribution in [0, 0.1) is 13.8 Å². The highest BCUT2D eigenvalue weighted by molar-refractivity contribution is 7.93. The molecule has 0 aliphatic heterocycles. The van der Waals surface area contributed by atoms with Crippen molar-refractivity contribution in [2.24, 2.45) is 0 Å². The number of thiophene rings is 1. The van der Waals surface area contributed by atoms with Crippen LogP contribution < -0.4 is 9.62 Å². The number of hydrogen-bond donors (Lipinski definition) is 1. The fourth-order valence-electron chi connectivity index (χ4n) is 2.20. The molecule has 0 spiro atoms. The second kappa shape index (κ2) is 7.14. The van der Waals surface area contributed by atoms with Crippen LogP contribution >= 0.6 is 22.7 Å². The summed E-state index contributed by atoms with van der Waals surface area (Å²) >= 11 is 2.32. The van der Waals surface area contributed by atoms with Gasteiger partial charge in [-0.25, -0.2) is 8.42 Å². The first kappa shape index (κ1) is 18.5. The lowest BCUT2D eigenvalue weighted by molar-refractivity contribution is 0.103. The molecule has 10 heteroatoms. The molecule has 0 aliphatic carbocycles. The van der Waals surface area contributed by atoms with Gasteiger partial charge < -0.3 is 0 Å². The molecule has 0 saturated carbocycles. The van der Waals surface area contributed by atoms with Gasteiger partial charge in [0.05, 0.1) is 15.5 Å². The highest BCUT2D eigenvalue weighted by Crippen LogP contribution is 2.27. The number of hydrogen-bond acceptors (Lipinski definition) is 7. The number of carbonyl (C=O) groups is 1. The van der Waals surface area contributed by atoms with Gasteiger partial charge in [0.25, 0.3) is 15.9 Å². The third kappa shape index (κ3) is 3.76. The van der Waals surface area contributed by atoms with Crippen molar-refractivity contribution in [1.29, 1.82) is 0 Å². The Balaban J connectivity index is 1.82. The van der Waals surface area contributed by atoms with Gasteiger partial charge in [0.15, 0.2) is 0 Å². The molecule has 7 nitrogen and oxygen atoms in total. The summed E-state index contributed by atoms with van der Waals surface area (Å²) in [4.78, 5) is 12.6. The molecule has 2 heterocycles. The van der Waals surface area contributed by atoms with Crippen LogP contribution in [0.1, 0.15) is 20.2 Å². The molecular weight excluding hydrogens is 392 g/mol. The van der Waals surface area contributed by atoms with Crippen LogP contribution in [0.25, 0.3) is 0 Å². The molecule has 0 atom stereocenters. The highest BCUT2D eigenvalue weighted by Gasteiger charge is 2.24. The topological polar surface area (TPSA) is 92.3 Å². The predicted molar refractivity (Wildman–Crippen MR) is 104 cm³/mol. The number of rotatable bonds is 5. The van der Waals surface area contributed by atoms with Gasteiger partial charge in [-0.05, 0) is 37.6 Å². The van der Waals surface area contributed by atoms with E-state index in [0.717, 1.165) is 21.9 Å². The van der Waals surface area contributed by atoms with Crippen LogP contribution in [0.3, 0.4) is 0 Å². The standard InChI is InChI=1S/C16H16N4O3S3/c1-10-5-4-6-12(7-10)20(3)26(22,23)13-8-14(24-9-13)15(21)17-16-19-18-11(2)25-16/h4-9H,1-3H3,(H,17,19,21). The van der Waals surface area contributed by atoms with Gasteiger partial charge in [-0.15, -0.1) is 21.5 Å². The van der Waals surface area contributed by atoms with Crippen LogP contribution in [0.2, 0.25) is 0 Å². The van der Waals surface area contributed by atoms with E-state index in [9.17, 15) is 13.2 Å². The lowest BCUT2D eigenvalue weighted by atomic mass is 10.2. The van der Waals surface area contributed by atoms with Crippen LogP contribution in [0.5, 0.6) is 0 Å². The summed E-state index contributed by atoms with van der Waals surface area (Å²) < 4.78 is 26.9. The number of anilines is 2. The Morgan fingerprint density at radius 2 is 1.96 bits per heavy atom. The molecule has 136 valence electrons. The van der Waals surface area contributed by atoms with Gasteiger partial charge >= 0.3 is 0 Å². The second-order valence-corrected chi connectivity index (χ2v) is 9.60. The quantitative estimate of drug-likeness (QED) is 0.699. The van der Waals surface area contributed by atoms with Crippen LogP contribution in [0.4, 0.5) is 10.8 Å². The maximum absolute atomic E-state index is 12.8. The zero-order valence-electron chi connectivity index (χ0n) is 14.3. The van der Waals surface area contributed by atoms with Gasteiger partial charge in [0.1, 0.15) is 5.01 Å². The highest BCUT2D eigenvalue weighted by atomic mass is 32.2. The molecule has 2 aromatic heterocycles. The van der Waals surface area contributed by atoms with E-state index in [1.54, 1.807) is 25.1 Å². The van der Waals surface area contributed by atoms with Crippen molar-refractivity contribution in [3.8, 4) is 0 Å². The van der Waals surface area contributed by atoms with Gasteiger partial charge in [0.2, 0.25) is 5.13 Å². The summed E-state index contributed by atoms with van der Waals surface area (Å²) in [6, 6.07) is 8.58. The van der Waals surface area contributed by atoms with Crippen LogP contribution in [-0.2, 0) is 10.0 Å². The number of aromatic nitrogens is 2. The van der Waals surface area contributed by atoms with E-state index in [-0.39, 0.29) is 9.77 Å². The molecule has 0 unspecified atom stereocenters. The largest absolute Gasteiger partial charge is 0.296 e. The maximum Gasteiger partial charge on any atom is 0.267 e. The molecule has 0 fully saturated rings. The molecule has 3 rings (SSSR count). The first-order chi connectivity index (χ1) is 12.3. The van der Waals surface area contributed by atoms with E-state index in [1.165, 1.54) is 34.1 Å². The van der Waals surface area contributed by atoms with Crippen molar-refractivity contribution in [3.63, 3.8) is 0 Å². The number of nitrogens with one attached hydrogen (secondary N) is 1. The molecule has 1 amide bonds. The van der Waals surface area contributed by atoms with Gasteiger partial charge in [-0.3, -0.25) is 14.4 Å². The van der Waals surface area contributed by atoms with Crippen molar-refractivity contribution < 1.29 is 13.2 Å².